The predicted octanol–water partition coefficient (Wildman–Crippen LogP) is 2.40. The molecule has 0 bridgehead atoms. The van der Waals surface area contributed by atoms with Gasteiger partial charge in [-0.05, 0) is 50.3 Å². The monoisotopic (exact) mass is 345 g/mol. The van der Waals surface area contributed by atoms with Crippen LogP contribution in [0.1, 0.15) is 42.5 Å². The smallest absolute Gasteiger partial charge is 0.253 e. The lowest BCUT2D eigenvalue weighted by Gasteiger charge is -2.22. The van der Waals surface area contributed by atoms with Crippen molar-refractivity contribution in [2.24, 2.45) is 5.92 Å². The van der Waals surface area contributed by atoms with E-state index in [4.69, 9.17) is 4.74 Å². The summed E-state index contributed by atoms with van der Waals surface area (Å²) < 4.78 is 5.02. The van der Waals surface area contributed by atoms with Gasteiger partial charge >= 0.3 is 0 Å². The number of carbonyl (C=O) groups excluding carboxylic acids is 2. The van der Waals surface area contributed by atoms with Gasteiger partial charge in [-0.1, -0.05) is 0 Å². The van der Waals surface area contributed by atoms with E-state index in [-0.39, 0.29) is 17.7 Å². The Morgan fingerprint density at radius 1 is 1.24 bits per heavy atom. The van der Waals surface area contributed by atoms with E-state index in [1.807, 2.05) is 12.1 Å². The highest BCUT2D eigenvalue weighted by Crippen LogP contribution is 2.32. The first-order valence-electron chi connectivity index (χ1n) is 9.16. The zero-order chi connectivity index (χ0) is 17.6. The summed E-state index contributed by atoms with van der Waals surface area (Å²) in [5.74, 6) is 0.102. The molecule has 6 heteroatoms. The summed E-state index contributed by atoms with van der Waals surface area (Å²) in [7, 11) is 1.65. The number of amides is 2. The number of methoxy groups -OCH3 is 1. The summed E-state index contributed by atoms with van der Waals surface area (Å²) in [5.41, 5.74) is 2.28. The van der Waals surface area contributed by atoms with Crippen molar-refractivity contribution in [2.75, 3.05) is 43.6 Å². The van der Waals surface area contributed by atoms with Gasteiger partial charge in [0.25, 0.3) is 5.91 Å². The van der Waals surface area contributed by atoms with E-state index in [2.05, 4.69) is 15.5 Å². The van der Waals surface area contributed by atoms with E-state index in [1.165, 1.54) is 0 Å². The molecule has 1 saturated heterocycles. The number of benzene rings is 1. The molecule has 25 heavy (non-hydrogen) atoms. The third kappa shape index (κ3) is 4.72. The van der Waals surface area contributed by atoms with Crippen molar-refractivity contribution in [3.8, 4) is 0 Å². The molecule has 0 unspecified atom stereocenters. The fourth-order valence-electron chi connectivity index (χ4n) is 3.13. The number of nitrogens with zero attached hydrogens (tertiary/aromatic N) is 1. The van der Waals surface area contributed by atoms with E-state index >= 15 is 0 Å². The molecule has 1 saturated carbocycles. The van der Waals surface area contributed by atoms with Crippen molar-refractivity contribution < 1.29 is 14.3 Å². The van der Waals surface area contributed by atoms with Crippen LogP contribution in [-0.4, -0.2) is 45.2 Å². The van der Waals surface area contributed by atoms with Crippen molar-refractivity contribution in [2.45, 2.75) is 32.1 Å². The van der Waals surface area contributed by atoms with Crippen LogP contribution in [0, 0.1) is 5.92 Å². The molecule has 0 spiro atoms. The average Bonchev–Trinajstić information content (AvgIpc) is 3.34. The van der Waals surface area contributed by atoms with Gasteiger partial charge in [0.2, 0.25) is 5.91 Å². The van der Waals surface area contributed by atoms with Crippen molar-refractivity contribution in [1.29, 1.82) is 0 Å². The molecule has 0 radical (unpaired) electrons. The van der Waals surface area contributed by atoms with Crippen LogP contribution in [0.25, 0.3) is 0 Å². The number of nitrogens with one attached hydrogen (secondary N) is 2. The molecular weight excluding hydrogens is 318 g/mol. The average molecular weight is 345 g/mol. The fraction of sp³-hybridized carbons (Fsp3) is 0.579. The second kappa shape index (κ2) is 8.34. The summed E-state index contributed by atoms with van der Waals surface area (Å²) in [5, 5.41) is 5.89. The zero-order valence-corrected chi connectivity index (χ0v) is 14.8. The standard InChI is InChI=1S/C19H27N3O3/c1-25-12-4-9-20-19(24)16-13-15(21-18(23)14-5-6-14)7-8-17(16)22-10-2-3-11-22/h7-8,13-14H,2-6,9-12H2,1H3,(H,20,24)(H,21,23). The van der Waals surface area contributed by atoms with Gasteiger partial charge in [0.15, 0.2) is 0 Å². The summed E-state index contributed by atoms with van der Waals surface area (Å²) in [4.78, 5) is 26.9. The van der Waals surface area contributed by atoms with Gasteiger partial charge in [-0.2, -0.15) is 0 Å². The summed E-state index contributed by atoms with van der Waals surface area (Å²) in [6.45, 7) is 3.14. The molecule has 1 aliphatic heterocycles. The topological polar surface area (TPSA) is 70.7 Å². The largest absolute Gasteiger partial charge is 0.385 e. The lowest BCUT2D eigenvalue weighted by molar-refractivity contribution is -0.117. The first-order valence-corrected chi connectivity index (χ1v) is 9.16. The number of rotatable bonds is 8. The van der Waals surface area contributed by atoms with Gasteiger partial charge in [0.05, 0.1) is 5.56 Å². The van der Waals surface area contributed by atoms with Crippen LogP contribution in [-0.2, 0) is 9.53 Å². The first-order chi connectivity index (χ1) is 12.2. The van der Waals surface area contributed by atoms with E-state index in [1.54, 1.807) is 13.2 Å². The molecule has 2 N–H and O–H groups in total. The SMILES string of the molecule is COCCCNC(=O)c1cc(NC(=O)C2CC2)ccc1N1CCCC1. The zero-order valence-electron chi connectivity index (χ0n) is 14.8. The Hall–Kier alpha value is -2.08. The van der Waals surface area contributed by atoms with E-state index in [0.717, 1.165) is 50.9 Å². The van der Waals surface area contributed by atoms with Crippen LogP contribution in [0.15, 0.2) is 18.2 Å². The number of carbonyl (C=O) groups is 2. The third-order valence-corrected chi connectivity index (χ3v) is 4.71. The Labute approximate surface area is 148 Å². The summed E-state index contributed by atoms with van der Waals surface area (Å²) in [6.07, 6.45) is 5.00. The minimum absolute atomic E-state index is 0.0559. The molecule has 3 rings (SSSR count). The summed E-state index contributed by atoms with van der Waals surface area (Å²) in [6, 6.07) is 5.66. The van der Waals surface area contributed by atoms with Crippen LogP contribution >= 0.6 is 0 Å². The molecular formula is C19H27N3O3. The second-order valence-electron chi connectivity index (χ2n) is 6.79. The van der Waals surface area contributed by atoms with Crippen LogP contribution in [0.4, 0.5) is 11.4 Å². The molecule has 1 aliphatic carbocycles. The quantitative estimate of drug-likeness (QED) is 0.710. The van der Waals surface area contributed by atoms with Crippen molar-refractivity contribution >= 4 is 23.2 Å². The minimum atomic E-state index is -0.0967. The molecule has 0 atom stereocenters. The molecule has 2 amide bonds. The van der Waals surface area contributed by atoms with Crippen LogP contribution in [0.3, 0.4) is 0 Å². The van der Waals surface area contributed by atoms with Crippen molar-refractivity contribution in [3.05, 3.63) is 23.8 Å². The Morgan fingerprint density at radius 2 is 2.00 bits per heavy atom. The number of hydrogen-bond acceptors (Lipinski definition) is 4. The van der Waals surface area contributed by atoms with Crippen LogP contribution in [0.5, 0.6) is 0 Å². The second-order valence-corrected chi connectivity index (χ2v) is 6.79. The number of anilines is 2. The Morgan fingerprint density at radius 3 is 2.68 bits per heavy atom. The lowest BCUT2D eigenvalue weighted by Crippen LogP contribution is -2.29. The number of hydrogen-bond donors (Lipinski definition) is 2. The molecule has 2 aliphatic rings. The van der Waals surface area contributed by atoms with Crippen LogP contribution in [0.2, 0.25) is 0 Å². The van der Waals surface area contributed by atoms with Gasteiger partial charge in [-0.15, -0.1) is 0 Å². The third-order valence-electron chi connectivity index (χ3n) is 4.71. The molecule has 2 fully saturated rings. The van der Waals surface area contributed by atoms with Gasteiger partial charge in [0.1, 0.15) is 0 Å². The van der Waals surface area contributed by atoms with Gasteiger partial charge in [0, 0.05) is 50.6 Å². The fourth-order valence-corrected chi connectivity index (χ4v) is 3.13. The van der Waals surface area contributed by atoms with Crippen molar-refractivity contribution in [3.63, 3.8) is 0 Å². The molecule has 0 aromatic heterocycles. The maximum Gasteiger partial charge on any atom is 0.253 e. The van der Waals surface area contributed by atoms with Gasteiger partial charge in [-0.3, -0.25) is 9.59 Å². The Kier molecular flexibility index (Phi) is 5.91. The maximum absolute atomic E-state index is 12.7. The van der Waals surface area contributed by atoms with Gasteiger partial charge in [-0.25, -0.2) is 0 Å². The van der Waals surface area contributed by atoms with Crippen LogP contribution < -0.4 is 15.5 Å². The van der Waals surface area contributed by atoms with Crippen molar-refractivity contribution in [1.82, 2.24) is 5.32 Å². The van der Waals surface area contributed by atoms with E-state index in [9.17, 15) is 9.59 Å². The predicted molar refractivity (Wildman–Crippen MR) is 98.1 cm³/mol. The maximum atomic E-state index is 12.7. The van der Waals surface area contributed by atoms with E-state index < -0.39 is 0 Å². The van der Waals surface area contributed by atoms with E-state index in [0.29, 0.717) is 24.4 Å². The van der Waals surface area contributed by atoms with Gasteiger partial charge < -0.3 is 20.3 Å². The molecule has 1 heterocycles. The highest BCUT2D eigenvalue weighted by atomic mass is 16.5. The summed E-state index contributed by atoms with van der Waals surface area (Å²) >= 11 is 0. The molecule has 1 aromatic carbocycles. The minimum Gasteiger partial charge on any atom is -0.385 e. The lowest BCUT2D eigenvalue weighted by atomic mass is 10.1. The Bertz CT molecular complexity index is 622. The molecule has 6 nitrogen and oxygen atoms in total. The first kappa shape index (κ1) is 17.7. The molecule has 1 aromatic rings. The highest BCUT2D eigenvalue weighted by molar-refractivity contribution is 6.02. The highest BCUT2D eigenvalue weighted by Gasteiger charge is 2.30. The molecule has 136 valence electrons. The Balaban J connectivity index is 1.74. The normalized spacial score (nSPS) is 16.8. The number of ether oxygens (including phenoxy) is 1.